The highest BCUT2D eigenvalue weighted by Gasteiger charge is 2.13. The molecular formula is C19H23NO2S. The summed E-state index contributed by atoms with van der Waals surface area (Å²) in [6.45, 7) is 4.37. The Bertz CT molecular complexity index is 668. The van der Waals surface area contributed by atoms with Crippen LogP contribution in [0.15, 0.2) is 47.4 Å². The first-order valence-electron chi connectivity index (χ1n) is 7.72. The number of nitrogens with one attached hydrogen (secondary N) is 1. The Morgan fingerprint density at radius 2 is 1.91 bits per heavy atom. The quantitative estimate of drug-likeness (QED) is 0.742. The maximum atomic E-state index is 12.5. The lowest BCUT2D eigenvalue weighted by Gasteiger charge is -2.12. The summed E-state index contributed by atoms with van der Waals surface area (Å²) in [6.07, 6.45) is 3.10. The summed E-state index contributed by atoms with van der Waals surface area (Å²) < 4.78 is 5.34. The second-order valence-corrected chi connectivity index (χ2v) is 6.33. The number of carbonyl (C=O) groups is 1. The maximum Gasteiger partial charge on any atom is 0.259 e. The zero-order valence-corrected chi connectivity index (χ0v) is 14.9. The van der Waals surface area contributed by atoms with E-state index in [1.54, 1.807) is 24.9 Å². The molecule has 0 bridgehead atoms. The monoisotopic (exact) mass is 329 g/mol. The van der Waals surface area contributed by atoms with Crippen molar-refractivity contribution in [1.82, 2.24) is 0 Å². The highest BCUT2D eigenvalue weighted by molar-refractivity contribution is 7.98. The average molecular weight is 329 g/mol. The van der Waals surface area contributed by atoms with Crippen molar-refractivity contribution in [1.29, 1.82) is 0 Å². The number of anilines is 1. The summed E-state index contributed by atoms with van der Waals surface area (Å²) in [5.74, 6) is 0.954. The Kier molecular flexibility index (Phi) is 6.11. The van der Waals surface area contributed by atoms with E-state index in [1.807, 2.05) is 30.5 Å². The molecule has 0 saturated carbocycles. The molecular weight excluding hydrogens is 306 g/mol. The van der Waals surface area contributed by atoms with Crippen molar-refractivity contribution in [3.63, 3.8) is 0 Å². The van der Waals surface area contributed by atoms with Gasteiger partial charge in [-0.25, -0.2) is 0 Å². The number of thioether (sulfide) groups is 1. The maximum absolute atomic E-state index is 12.5. The molecule has 0 heterocycles. The van der Waals surface area contributed by atoms with Gasteiger partial charge in [0, 0.05) is 10.6 Å². The first kappa shape index (κ1) is 17.4. The molecule has 122 valence electrons. The molecule has 2 rings (SSSR count). The molecule has 2 aromatic carbocycles. The van der Waals surface area contributed by atoms with Gasteiger partial charge in [0.25, 0.3) is 5.91 Å². The summed E-state index contributed by atoms with van der Waals surface area (Å²) in [7, 11) is 1.58. The van der Waals surface area contributed by atoms with Crippen LogP contribution in [0.4, 0.5) is 5.69 Å². The van der Waals surface area contributed by atoms with E-state index in [1.165, 1.54) is 5.56 Å². The van der Waals surface area contributed by atoms with Crippen molar-refractivity contribution in [2.75, 3.05) is 18.7 Å². The van der Waals surface area contributed by atoms with Gasteiger partial charge in [0.2, 0.25) is 0 Å². The van der Waals surface area contributed by atoms with E-state index in [0.717, 1.165) is 17.0 Å². The van der Waals surface area contributed by atoms with Crippen LogP contribution in [0.1, 0.15) is 42.1 Å². The molecule has 1 amide bonds. The van der Waals surface area contributed by atoms with Crippen molar-refractivity contribution in [3.05, 3.63) is 53.6 Å². The van der Waals surface area contributed by atoms with E-state index in [-0.39, 0.29) is 5.91 Å². The Labute approximate surface area is 142 Å². The summed E-state index contributed by atoms with van der Waals surface area (Å²) >= 11 is 1.62. The predicted octanol–water partition coefficient (Wildman–Crippen LogP) is 5.18. The molecule has 0 aliphatic carbocycles. The number of hydrogen-bond donors (Lipinski definition) is 1. The standard InChI is InChI=1S/C19H23NO2S/c1-5-13(2)14-6-8-15(9-7-14)20-19(21)17-11-10-16(23-4)12-18(17)22-3/h6-13H,5H2,1-4H3,(H,20,21). The SMILES string of the molecule is CCC(C)c1ccc(NC(=O)c2ccc(SC)cc2OC)cc1. The number of rotatable bonds is 6. The van der Waals surface area contributed by atoms with E-state index in [9.17, 15) is 4.79 Å². The van der Waals surface area contributed by atoms with Crippen LogP contribution >= 0.6 is 11.8 Å². The van der Waals surface area contributed by atoms with Crippen LogP contribution in [0.25, 0.3) is 0 Å². The molecule has 1 unspecified atom stereocenters. The van der Waals surface area contributed by atoms with Gasteiger partial charge in [0.15, 0.2) is 0 Å². The number of benzene rings is 2. The number of amides is 1. The van der Waals surface area contributed by atoms with Crippen molar-refractivity contribution in [3.8, 4) is 5.75 Å². The Balaban J connectivity index is 2.15. The molecule has 3 nitrogen and oxygen atoms in total. The van der Waals surface area contributed by atoms with Crippen molar-refractivity contribution in [2.45, 2.75) is 31.1 Å². The largest absolute Gasteiger partial charge is 0.496 e. The second kappa shape index (κ2) is 8.06. The lowest BCUT2D eigenvalue weighted by atomic mass is 9.98. The van der Waals surface area contributed by atoms with Crippen LogP contribution in [-0.2, 0) is 0 Å². The molecule has 1 atom stereocenters. The fourth-order valence-corrected chi connectivity index (χ4v) is 2.74. The predicted molar refractivity (Wildman–Crippen MR) is 97.9 cm³/mol. The lowest BCUT2D eigenvalue weighted by molar-refractivity contribution is 0.102. The van der Waals surface area contributed by atoms with E-state index in [4.69, 9.17) is 4.74 Å². The minimum Gasteiger partial charge on any atom is -0.496 e. The lowest BCUT2D eigenvalue weighted by Crippen LogP contribution is -2.13. The van der Waals surface area contributed by atoms with Gasteiger partial charge in [0.1, 0.15) is 5.75 Å². The molecule has 0 spiro atoms. The van der Waals surface area contributed by atoms with Gasteiger partial charge in [0.05, 0.1) is 12.7 Å². The van der Waals surface area contributed by atoms with Crippen LogP contribution in [0, 0.1) is 0 Å². The number of methoxy groups -OCH3 is 1. The van der Waals surface area contributed by atoms with E-state index in [0.29, 0.717) is 17.2 Å². The van der Waals surface area contributed by atoms with Gasteiger partial charge in [-0.05, 0) is 54.5 Å². The first-order chi connectivity index (χ1) is 11.1. The van der Waals surface area contributed by atoms with Crippen LogP contribution in [0.3, 0.4) is 0 Å². The van der Waals surface area contributed by atoms with Gasteiger partial charge in [-0.3, -0.25) is 4.79 Å². The Hall–Kier alpha value is -1.94. The van der Waals surface area contributed by atoms with Gasteiger partial charge >= 0.3 is 0 Å². The van der Waals surface area contributed by atoms with Crippen molar-refractivity contribution < 1.29 is 9.53 Å². The molecule has 0 aliphatic rings. The van der Waals surface area contributed by atoms with Crippen LogP contribution in [0.2, 0.25) is 0 Å². The molecule has 0 saturated heterocycles. The van der Waals surface area contributed by atoms with Crippen LogP contribution < -0.4 is 10.1 Å². The highest BCUT2D eigenvalue weighted by atomic mass is 32.2. The van der Waals surface area contributed by atoms with Gasteiger partial charge in [-0.2, -0.15) is 0 Å². The number of carbonyl (C=O) groups excluding carboxylic acids is 1. The van der Waals surface area contributed by atoms with E-state index >= 15 is 0 Å². The van der Waals surface area contributed by atoms with Gasteiger partial charge in [-0.15, -0.1) is 11.8 Å². The summed E-state index contributed by atoms with van der Waals surface area (Å²) in [5, 5.41) is 2.93. The summed E-state index contributed by atoms with van der Waals surface area (Å²) in [5.41, 5.74) is 2.61. The second-order valence-electron chi connectivity index (χ2n) is 5.45. The number of hydrogen-bond acceptors (Lipinski definition) is 3. The molecule has 0 fully saturated rings. The van der Waals surface area contributed by atoms with Crippen LogP contribution in [0.5, 0.6) is 5.75 Å². The zero-order valence-electron chi connectivity index (χ0n) is 14.1. The fourth-order valence-electron chi connectivity index (χ4n) is 2.32. The molecule has 4 heteroatoms. The van der Waals surface area contributed by atoms with Gasteiger partial charge in [-0.1, -0.05) is 26.0 Å². The molecule has 1 N–H and O–H groups in total. The molecule has 0 radical (unpaired) electrons. The zero-order chi connectivity index (χ0) is 16.8. The third kappa shape index (κ3) is 4.29. The summed E-state index contributed by atoms with van der Waals surface area (Å²) in [6, 6.07) is 13.6. The third-order valence-corrected chi connectivity index (χ3v) is 4.73. The molecule has 2 aromatic rings. The molecule has 0 aliphatic heterocycles. The Morgan fingerprint density at radius 3 is 2.48 bits per heavy atom. The molecule has 23 heavy (non-hydrogen) atoms. The van der Waals surface area contributed by atoms with E-state index in [2.05, 4.69) is 31.3 Å². The molecule has 0 aromatic heterocycles. The summed E-state index contributed by atoms with van der Waals surface area (Å²) in [4.78, 5) is 13.5. The smallest absolute Gasteiger partial charge is 0.259 e. The highest BCUT2D eigenvalue weighted by Crippen LogP contribution is 2.26. The minimum absolute atomic E-state index is 0.161. The van der Waals surface area contributed by atoms with Crippen molar-refractivity contribution in [2.24, 2.45) is 0 Å². The van der Waals surface area contributed by atoms with Crippen LogP contribution in [-0.4, -0.2) is 19.3 Å². The topological polar surface area (TPSA) is 38.3 Å². The fraction of sp³-hybridized carbons (Fsp3) is 0.316. The third-order valence-electron chi connectivity index (χ3n) is 4.00. The normalized spacial score (nSPS) is 11.8. The first-order valence-corrected chi connectivity index (χ1v) is 8.94. The van der Waals surface area contributed by atoms with E-state index < -0.39 is 0 Å². The minimum atomic E-state index is -0.161. The van der Waals surface area contributed by atoms with Gasteiger partial charge < -0.3 is 10.1 Å². The van der Waals surface area contributed by atoms with Crippen molar-refractivity contribution >= 4 is 23.4 Å². The Morgan fingerprint density at radius 1 is 1.22 bits per heavy atom. The number of ether oxygens (including phenoxy) is 1. The average Bonchev–Trinajstić information content (AvgIpc) is 2.60.